The maximum Gasteiger partial charge on any atom is 0.401 e. The van der Waals surface area contributed by atoms with Crippen molar-refractivity contribution in [1.82, 2.24) is 10.2 Å². The smallest absolute Gasteiger partial charge is 0.330 e. The van der Waals surface area contributed by atoms with E-state index in [9.17, 15) is 13.2 Å². The number of likely N-dealkylation sites (tertiary alicyclic amines) is 1. The molecule has 0 amide bonds. The van der Waals surface area contributed by atoms with Crippen LogP contribution in [0, 0.1) is 0 Å². The summed E-state index contributed by atoms with van der Waals surface area (Å²) in [4.78, 5) is 1.48. The Balaban J connectivity index is 2.09. The lowest BCUT2D eigenvalue weighted by molar-refractivity contribution is -0.148. The molecule has 6 heteroatoms. The van der Waals surface area contributed by atoms with E-state index in [-0.39, 0.29) is 0 Å². The molecular formula is C11H22F3N3. The quantitative estimate of drug-likeness (QED) is 0.702. The third-order valence-corrected chi connectivity index (χ3v) is 3.05. The Bertz CT molecular complexity index is 201. The molecule has 1 aliphatic heterocycles. The van der Waals surface area contributed by atoms with Gasteiger partial charge >= 0.3 is 6.18 Å². The largest absolute Gasteiger partial charge is 0.401 e. The number of unbranched alkanes of at least 4 members (excludes halogenated alkanes) is 1. The summed E-state index contributed by atoms with van der Waals surface area (Å²) in [6.45, 7) is 1.92. The van der Waals surface area contributed by atoms with Crippen molar-refractivity contribution in [2.75, 3.05) is 32.7 Å². The number of alkyl halides is 3. The Hall–Kier alpha value is -0.330. The Morgan fingerprint density at radius 2 is 1.82 bits per heavy atom. The molecule has 0 atom stereocenters. The lowest BCUT2D eigenvalue weighted by atomic mass is 10.0. The van der Waals surface area contributed by atoms with Crippen LogP contribution in [-0.4, -0.2) is 49.8 Å². The predicted octanol–water partition coefficient (Wildman–Crippen LogP) is 1.34. The minimum Gasteiger partial charge on any atom is -0.330 e. The zero-order valence-corrected chi connectivity index (χ0v) is 10.1. The van der Waals surface area contributed by atoms with Crippen LogP contribution in [0.4, 0.5) is 13.2 Å². The van der Waals surface area contributed by atoms with Gasteiger partial charge in [0.05, 0.1) is 6.54 Å². The summed E-state index contributed by atoms with van der Waals surface area (Å²) in [7, 11) is 0. The first-order valence-electron chi connectivity index (χ1n) is 6.24. The van der Waals surface area contributed by atoms with Gasteiger partial charge in [-0.05, 0) is 51.9 Å². The fraction of sp³-hybridized carbons (Fsp3) is 1.00. The first-order chi connectivity index (χ1) is 8.01. The highest BCUT2D eigenvalue weighted by Gasteiger charge is 2.32. The van der Waals surface area contributed by atoms with Gasteiger partial charge in [-0.3, -0.25) is 4.90 Å². The van der Waals surface area contributed by atoms with Crippen LogP contribution >= 0.6 is 0 Å². The normalized spacial score (nSPS) is 19.8. The van der Waals surface area contributed by atoms with Gasteiger partial charge in [0.15, 0.2) is 0 Å². The summed E-state index contributed by atoms with van der Waals surface area (Å²) in [5.74, 6) is 0. The number of halogens is 3. The molecule has 1 rings (SSSR count). The van der Waals surface area contributed by atoms with Crippen LogP contribution in [0.15, 0.2) is 0 Å². The molecule has 0 bridgehead atoms. The summed E-state index contributed by atoms with van der Waals surface area (Å²) in [5.41, 5.74) is 5.38. The van der Waals surface area contributed by atoms with Crippen LogP contribution in [0.25, 0.3) is 0 Å². The van der Waals surface area contributed by atoms with Gasteiger partial charge < -0.3 is 11.1 Å². The van der Waals surface area contributed by atoms with E-state index in [4.69, 9.17) is 5.73 Å². The standard InChI is InChI=1S/C11H22F3N3/c12-11(13,14)9-17-7-3-10(4-8-17)16-6-2-1-5-15/h10,16H,1-9,15H2. The average molecular weight is 253 g/mol. The van der Waals surface area contributed by atoms with E-state index in [0.717, 1.165) is 32.2 Å². The lowest BCUT2D eigenvalue weighted by Crippen LogP contribution is -2.45. The predicted molar refractivity (Wildman–Crippen MR) is 61.8 cm³/mol. The molecule has 1 heterocycles. The molecule has 3 N–H and O–H groups in total. The van der Waals surface area contributed by atoms with Crippen molar-refractivity contribution in [3.05, 3.63) is 0 Å². The second-order valence-corrected chi connectivity index (χ2v) is 4.62. The molecule has 0 aromatic rings. The van der Waals surface area contributed by atoms with Gasteiger partial charge in [0.1, 0.15) is 0 Å². The van der Waals surface area contributed by atoms with Gasteiger partial charge in [0, 0.05) is 6.04 Å². The minimum atomic E-state index is -4.07. The summed E-state index contributed by atoms with van der Waals surface area (Å²) in [5, 5.41) is 3.38. The summed E-state index contributed by atoms with van der Waals surface area (Å²) < 4.78 is 36.5. The molecular weight excluding hydrogens is 231 g/mol. The van der Waals surface area contributed by atoms with Crippen LogP contribution in [0.1, 0.15) is 25.7 Å². The van der Waals surface area contributed by atoms with Gasteiger partial charge in [-0.25, -0.2) is 0 Å². The lowest BCUT2D eigenvalue weighted by Gasteiger charge is -2.32. The molecule has 0 aliphatic carbocycles. The van der Waals surface area contributed by atoms with Crippen LogP contribution in [-0.2, 0) is 0 Å². The Kier molecular flexibility index (Phi) is 6.22. The van der Waals surface area contributed by atoms with Crippen molar-refractivity contribution in [2.45, 2.75) is 37.9 Å². The number of hydrogen-bond acceptors (Lipinski definition) is 3. The van der Waals surface area contributed by atoms with Crippen LogP contribution in [0.3, 0.4) is 0 Å². The van der Waals surface area contributed by atoms with Gasteiger partial charge in [0.25, 0.3) is 0 Å². The van der Waals surface area contributed by atoms with Gasteiger partial charge in [-0.1, -0.05) is 0 Å². The molecule has 102 valence electrons. The molecule has 3 nitrogen and oxygen atoms in total. The molecule has 17 heavy (non-hydrogen) atoms. The zero-order valence-electron chi connectivity index (χ0n) is 10.1. The van der Waals surface area contributed by atoms with Crippen molar-refractivity contribution in [3.8, 4) is 0 Å². The topological polar surface area (TPSA) is 41.3 Å². The van der Waals surface area contributed by atoms with E-state index in [1.165, 1.54) is 4.90 Å². The van der Waals surface area contributed by atoms with E-state index in [2.05, 4.69) is 5.32 Å². The highest BCUT2D eigenvalue weighted by atomic mass is 19.4. The summed E-state index contributed by atoms with van der Waals surface area (Å²) in [6.07, 6.45) is -0.419. The minimum absolute atomic E-state index is 0.372. The van der Waals surface area contributed by atoms with E-state index < -0.39 is 12.7 Å². The molecule has 0 aromatic heterocycles. The third-order valence-electron chi connectivity index (χ3n) is 3.05. The highest BCUT2D eigenvalue weighted by Crippen LogP contribution is 2.19. The Labute approximate surface area is 101 Å². The van der Waals surface area contributed by atoms with E-state index in [1.54, 1.807) is 0 Å². The SMILES string of the molecule is NCCCCNC1CCN(CC(F)(F)F)CC1. The highest BCUT2D eigenvalue weighted by molar-refractivity contribution is 4.78. The number of hydrogen-bond donors (Lipinski definition) is 2. The summed E-state index contributed by atoms with van der Waals surface area (Å²) in [6, 6.07) is 0.372. The van der Waals surface area contributed by atoms with Crippen LogP contribution in [0.5, 0.6) is 0 Å². The molecule has 0 radical (unpaired) electrons. The van der Waals surface area contributed by atoms with Crippen molar-refractivity contribution in [3.63, 3.8) is 0 Å². The maximum absolute atomic E-state index is 12.2. The third kappa shape index (κ3) is 6.85. The molecule has 1 fully saturated rings. The number of nitrogens with two attached hydrogens (primary N) is 1. The molecule has 1 aliphatic rings. The number of nitrogens with one attached hydrogen (secondary N) is 1. The van der Waals surface area contributed by atoms with E-state index in [0.29, 0.717) is 25.7 Å². The average Bonchev–Trinajstić information content (AvgIpc) is 2.25. The van der Waals surface area contributed by atoms with Crippen molar-refractivity contribution in [2.24, 2.45) is 5.73 Å². The van der Waals surface area contributed by atoms with Crippen LogP contribution < -0.4 is 11.1 Å². The second-order valence-electron chi connectivity index (χ2n) is 4.62. The Morgan fingerprint density at radius 1 is 1.18 bits per heavy atom. The molecule has 0 saturated carbocycles. The van der Waals surface area contributed by atoms with E-state index in [1.807, 2.05) is 0 Å². The fourth-order valence-electron chi connectivity index (χ4n) is 2.12. The van der Waals surface area contributed by atoms with Crippen molar-refractivity contribution < 1.29 is 13.2 Å². The monoisotopic (exact) mass is 253 g/mol. The van der Waals surface area contributed by atoms with E-state index >= 15 is 0 Å². The van der Waals surface area contributed by atoms with Crippen molar-refractivity contribution >= 4 is 0 Å². The summed E-state index contributed by atoms with van der Waals surface area (Å²) >= 11 is 0. The van der Waals surface area contributed by atoms with Gasteiger partial charge in [-0.15, -0.1) is 0 Å². The Morgan fingerprint density at radius 3 is 2.35 bits per heavy atom. The van der Waals surface area contributed by atoms with Crippen LogP contribution in [0.2, 0.25) is 0 Å². The maximum atomic E-state index is 12.2. The first kappa shape index (κ1) is 14.7. The molecule has 0 unspecified atom stereocenters. The molecule has 1 saturated heterocycles. The van der Waals surface area contributed by atoms with Crippen molar-refractivity contribution in [1.29, 1.82) is 0 Å². The molecule has 0 aromatic carbocycles. The zero-order chi connectivity index (χ0) is 12.7. The number of piperidine rings is 1. The number of nitrogens with zero attached hydrogens (tertiary/aromatic N) is 1. The number of rotatable bonds is 6. The molecule has 0 spiro atoms. The fourth-order valence-corrected chi connectivity index (χ4v) is 2.12. The first-order valence-corrected chi connectivity index (χ1v) is 6.24. The van der Waals surface area contributed by atoms with Gasteiger partial charge in [0.2, 0.25) is 0 Å². The second kappa shape index (κ2) is 7.18. The van der Waals surface area contributed by atoms with Gasteiger partial charge in [-0.2, -0.15) is 13.2 Å².